The molecule has 3 N–H and O–H groups in total. The molecule has 3 heterocycles. The number of rotatable bonds is 4. The van der Waals surface area contributed by atoms with Gasteiger partial charge in [-0.1, -0.05) is 18.5 Å². The summed E-state index contributed by atoms with van der Waals surface area (Å²) in [6, 6.07) is 7.14. The molecule has 1 aromatic carbocycles. The van der Waals surface area contributed by atoms with Gasteiger partial charge in [-0.2, -0.15) is 0 Å². The molecule has 1 spiro atoms. The number of nitrogens with one attached hydrogen (secondary N) is 1. The van der Waals surface area contributed by atoms with Crippen LogP contribution in [0.4, 0.5) is 11.6 Å². The fraction of sp³-hybridized carbons (Fsp3) is 0.476. The van der Waals surface area contributed by atoms with Crippen LogP contribution in [0.15, 0.2) is 30.5 Å². The van der Waals surface area contributed by atoms with Crippen molar-refractivity contribution in [3.05, 3.63) is 46.7 Å². The number of fused-ring (bicyclic) bond motifs is 2. The van der Waals surface area contributed by atoms with Crippen molar-refractivity contribution in [3.63, 3.8) is 0 Å². The number of benzene rings is 1. The van der Waals surface area contributed by atoms with E-state index in [1.807, 2.05) is 42.3 Å². The molecular weight excluding hydrogens is 390 g/mol. The molecule has 29 heavy (non-hydrogen) atoms. The lowest BCUT2D eigenvalue weighted by Crippen LogP contribution is -2.52. The minimum atomic E-state index is -0.466. The molecule has 0 radical (unpaired) electrons. The van der Waals surface area contributed by atoms with Crippen LogP contribution in [-0.2, 0) is 21.6 Å². The summed E-state index contributed by atoms with van der Waals surface area (Å²) >= 11 is 5.95. The largest absolute Gasteiger partial charge is 0.374 e. The van der Waals surface area contributed by atoms with E-state index in [1.54, 1.807) is 0 Å². The third kappa shape index (κ3) is 4.02. The first-order chi connectivity index (χ1) is 14.0. The molecule has 2 aliphatic heterocycles. The van der Waals surface area contributed by atoms with Gasteiger partial charge >= 0.3 is 0 Å². The SMILES string of the molecule is CCC(Nc1ccc(Cl)cc1)C(=O)N1CCC2(CC1)OCCc1cnc(N)nc12. The third-order valence-electron chi connectivity index (χ3n) is 5.84. The monoisotopic (exact) mass is 415 g/mol. The van der Waals surface area contributed by atoms with Crippen molar-refractivity contribution in [2.75, 3.05) is 30.7 Å². The molecule has 1 atom stereocenters. The van der Waals surface area contributed by atoms with Crippen LogP contribution in [0.5, 0.6) is 0 Å². The maximum Gasteiger partial charge on any atom is 0.245 e. The van der Waals surface area contributed by atoms with E-state index in [0.717, 1.165) is 23.4 Å². The number of amides is 1. The molecule has 1 aromatic heterocycles. The van der Waals surface area contributed by atoms with Crippen molar-refractivity contribution >= 4 is 29.1 Å². The number of carbonyl (C=O) groups excluding carboxylic acids is 1. The first kappa shape index (κ1) is 19.9. The van der Waals surface area contributed by atoms with Gasteiger partial charge in [-0.05, 0) is 55.5 Å². The first-order valence-electron chi connectivity index (χ1n) is 10.1. The molecule has 0 bridgehead atoms. The molecule has 1 fully saturated rings. The lowest BCUT2D eigenvalue weighted by Gasteiger charge is -2.44. The summed E-state index contributed by atoms with van der Waals surface area (Å²) < 4.78 is 6.20. The molecule has 1 saturated heterocycles. The maximum absolute atomic E-state index is 13.1. The van der Waals surface area contributed by atoms with E-state index in [1.165, 1.54) is 0 Å². The van der Waals surface area contributed by atoms with Crippen molar-refractivity contribution in [1.82, 2.24) is 14.9 Å². The summed E-state index contributed by atoms with van der Waals surface area (Å²) in [5, 5.41) is 4.00. The standard InChI is InChI=1S/C21H26ClN5O2/c1-2-17(25-16-5-3-15(22)4-6-16)19(28)27-10-8-21(9-11-27)18-14(7-12-29-21)13-24-20(23)26-18/h3-6,13,17,25H,2,7-12H2,1H3,(H2,23,24,26). The van der Waals surface area contributed by atoms with Crippen LogP contribution in [0, 0.1) is 0 Å². The minimum absolute atomic E-state index is 0.107. The van der Waals surface area contributed by atoms with E-state index in [-0.39, 0.29) is 17.9 Å². The Morgan fingerprint density at radius 2 is 2.07 bits per heavy atom. The highest BCUT2D eigenvalue weighted by Crippen LogP contribution is 2.40. The Kier molecular flexibility index (Phi) is 5.61. The van der Waals surface area contributed by atoms with Crippen LogP contribution in [0.3, 0.4) is 0 Å². The van der Waals surface area contributed by atoms with Crippen molar-refractivity contribution in [2.45, 2.75) is 44.2 Å². The average molecular weight is 416 g/mol. The third-order valence-corrected chi connectivity index (χ3v) is 6.09. The number of piperidine rings is 1. The molecule has 4 rings (SSSR count). The Bertz CT molecular complexity index is 881. The number of ether oxygens (including phenoxy) is 1. The Morgan fingerprint density at radius 1 is 1.34 bits per heavy atom. The van der Waals surface area contributed by atoms with Gasteiger partial charge in [-0.15, -0.1) is 0 Å². The molecule has 7 nitrogen and oxygen atoms in total. The van der Waals surface area contributed by atoms with Crippen molar-refractivity contribution in [1.29, 1.82) is 0 Å². The normalized spacial score (nSPS) is 18.9. The fourth-order valence-electron chi connectivity index (χ4n) is 4.20. The summed E-state index contributed by atoms with van der Waals surface area (Å²) in [6.07, 6.45) is 4.72. The Labute approximate surface area is 175 Å². The zero-order valence-corrected chi connectivity index (χ0v) is 17.3. The second-order valence-electron chi connectivity index (χ2n) is 7.63. The summed E-state index contributed by atoms with van der Waals surface area (Å²) in [7, 11) is 0. The van der Waals surface area contributed by atoms with Gasteiger partial charge in [-0.3, -0.25) is 4.79 Å². The second-order valence-corrected chi connectivity index (χ2v) is 8.07. The summed E-state index contributed by atoms with van der Waals surface area (Å²) in [5.41, 5.74) is 8.25. The molecule has 2 aromatic rings. The van der Waals surface area contributed by atoms with Crippen molar-refractivity contribution < 1.29 is 9.53 Å². The van der Waals surface area contributed by atoms with Crippen LogP contribution in [0.1, 0.15) is 37.4 Å². The fourth-order valence-corrected chi connectivity index (χ4v) is 4.32. The number of nitrogen functional groups attached to an aromatic ring is 1. The molecule has 1 amide bonds. The van der Waals surface area contributed by atoms with Gasteiger partial charge in [0.25, 0.3) is 0 Å². The van der Waals surface area contributed by atoms with Gasteiger partial charge in [0, 0.05) is 30.0 Å². The zero-order chi connectivity index (χ0) is 20.4. The molecule has 0 saturated carbocycles. The number of likely N-dealkylation sites (tertiary alicyclic amines) is 1. The van der Waals surface area contributed by atoms with Crippen LogP contribution in [0.2, 0.25) is 5.02 Å². The number of nitrogens with two attached hydrogens (primary N) is 1. The Hall–Kier alpha value is -2.38. The number of nitrogens with zero attached hydrogens (tertiary/aromatic N) is 3. The zero-order valence-electron chi connectivity index (χ0n) is 16.5. The number of anilines is 2. The van der Waals surface area contributed by atoms with Gasteiger partial charge in [0.1, 0.15) is 11.6 Å². The number of hydrogen-bond acceptors (Lipinski definition) is 6. The summed E-state index contributed by atoms with van der Waals surface area (Å²) in [4.78, 5) is 23.7. The van der Waals surface area contributed by atoms with E-state index in [2.05, 4.69) is 15.3 Å². The molecule has 8 heteroatoms. The summed E-state index contributed by atoms with van der Waals surface area (Å²) in [6.45, 7) is 3.91. The highest BCUT2D eigenvalue weighted by Gasteiger charge is 2.43. The van der Waals surface area contributed by atoms with E-state index in [0.29, 0.717) is 44.0 Å². The first-order valence-corrected chi connectivity index (χ1v) is 10.5. The molecule has 154 valence electrons. The molecule has 2 aliphatic rings. The van der Waals surface area contributed by atoms with E-state index >= 15 is 0 Å². The lowest BCUT2D eigenvalue weighted by molar-refractivity contribution is -0.142. The van der Waals surface area contributed by atoms with Crippen molar-refractivity contribution in [2.24, 2.45) is 0 Å². The predicted octanol–water partition coefficient (Wildman–Crippen LogP) is 2.99. The smallest absolute Gasteiger partial charge is 0.245 e. The number of halogens is 1. The van der Waals surface area contributed by atoms with Gasteiger partial charge in [0.2, 0.25) is 11.9 Å². The van der Waals surface area contributed by atoms with E-state index in [9.17, 15) is 4.79 Å². The highest BCUT2D eigenvalue weighted by atomic mass is 35.5. The lowest BCUT2D eigenvalue weighted by atomic mass is 9.83. The van der Waals surface area contributed by atoms with Crippen LogP contribution in [0.25, 0.3) is 0 Å². The molecular formula is C21H26ClN5O2. The second kappa shape index (κ2) is 8.16. The number of aromatic nitrogens is 2. The molecule has 1 unspecified atom stereocenters. The minimum Gasteiger partial charge on any atom is -0.374 e. The predicted molar refractivity (Wildman–Crippen MR) is 113 cm³/mol. The maximum atomic E-state index is 13.1. The topological polar surface area (TPSA) is 93.4 Å². The van der Waals surface area contributed by atoms with Gasteiger partial charge in [-0.25, -0.2) is 9.97 Å². The van der Waals surface area contributed by atoms with Crippen molar-refractivity contribution in [3.8, 4) is 0 Å². The quantitative estimate of drug-likeness (QED) is 0.797. The summed E-state index contributed by atoms with van der Waals surface area (Å²) in [5.74, 6) is 0.376. The van der Waals surface area contributed by atoms with Crippen LogP contribution in [-0.4, -0.2) is 46.5 Å². The number of hydrogen-bond donors (Lipinski definition) is 2. The van der Waals surface area contributed by atoms with Crippen LogP contribution >= 0.6 is 11.6 Å². The Balaban J connectivity index is 1.44. The van der Waals surface area contributed by atoms with Gasteiger partial charge < -0.3 is 20.7 Å². The van der Waals surface area contributed by atoms with E-state index in [4.69, 9.17) is 22.1 Å². The highest BCUT2D eigenvalue weighted by molar-refractivity contribution is 6.30. The number of carbonyl (C=O) groups is 1. The Morgan fingerprint density at radius 3 is 2.76 bits per heavy atom. The van der Waals surface area contributed by atoms with E-state index < -0.39 is 5.60 Å². The molecule has 0 aliphatic carbocycles. The average Bonchev–Trinajstić information content (AvgIpc) is 2.74. The van der Waals surface area contributed by atoms with Gasteiger partial charge in [0.05, 0.1) is 12.3 Å². The van der Waals surface area contributed by atoms with Gasteiger partial charge in [0.15, 0.2) is 0 Å². The van der Waals surface area contributed by atoms with Crippen LogP contribution < -0.4 is 11.1 Å².